The highest BCUT2D eigenvalue weighted by Crippen LogP contribution is 2.20. The minimum absolute atomic E-state index is 0.230. The topological polar surface area (TPSA) is 112 Å². The molecule has 8 nitrogen and oxygen atoms in total. The molecule has 1 aromatic heterocycles. The Labute approximate surface area is 156 Å². The molecule has 1 atom stereocenters. The smallest absolute Gasteiger partial charge is 0.255 e. The Bertz CT molecular complexity index is 923. The lowest BCUT2D eigenvalue weighted by molar-refractivity contribution is -0.119. The van der Waals surface area contributed by atoms with Gasteiger partial charge in [-0.25, -0.2) is 9.67 Å². The number of primary amides is 1. The van der Waals surface area contributed by atoms with Crippen LogP contribution < -0.4 is 15.8 Å². The fourth-order valence-electron chi connectivity index (χ4n) is 2.54. The summed E-state index contributed by atoms with van der Waals surface area (Å²) in [5, 5.41) is 7.00. The van der Waals surface area contributed by atoms with Gasteiger partial charge in [-0.1, -0.05) is 24.3 Å². The van der Waals surface area contributed by atoms with Gasteiger partial charge in [0.05, 0.1) is 17.3 Å². The molecule has 2 amide bonds. The molecule has 2 aromatic carbocycles. The predicted molar refractivity (Wildman–Crippen MR) is 98.4 cm³/mol. The molecule has 0 spiro atoms. The van der Waals surface area contributed by atoms with Crippen LogP contribution in [0, 0.1) is 0 Å². The quantitative estimate of drug-likeness (QED) is 0.661. The third kappa shape index (κ3) is 4.49. The minimum Gasteiger partial charge on any atom is -0.483 e. The van der Waals surface area contributed by atoms with Crippen LogP contribution in [-0.4, -0.2) is 33.2 Å². The number of aromatic nitrogens is 3. The third-order valence-corrected chi connectivity index (χ3v) is 3.93. The van der Waals surface area contributed by atoms with E-state index in [1.165, 1.54) is 6.33 Å². The lowest BCUT2D eigenvalue weighted by Crippen LogP contribution is -2.28. The zero-order valence-electron chi connectivity index (χ0n) is 14.7. The van der Waals surface area contributed by atoms with Crippen molar-refractivity contribution >= 4 is 11.8 Å². The van der Waals surface area contributed by atoms with Crippen molar-refractivity contribution in [1.29, 1.82) is 0 Å². The Morgan fingerprint density at radius 3 is 2.59 bits per heavy atom. The second kappa shape index (κ2) is 8.13. The number of nitrogens with one attached hydrogen (secondary N) is 1. The number of hydrogen-bond acceptors (Lipinski definition) is 5. The normalized spacial score (nSPS) is 11.6. The molecule has 0 aliphatic carbocycles. The maximum Gasteiger partial charge on any atom is 0.255 e. The van der Waals surface area contributed by atoms with E-state index in [-0.39, 0.29) is 18.6 Å². The summed E-state index contributed by atoms with van der Waals surface area (Å²) in [6, 6.07) is 14.1. The highest BCUT2D eigenvalue weighted by molar-refractivity contribution is 5.97. The van der Waals surface area contributed by atoms with E-state index >= 15 is 0 Å². The van der Waals surface area contributed by atoms with Gasteiger partial charge in [0, 0.05) is 0 Å². The Morgan fingerprint density at radius 2 is 1.93 bits per heavy atom. The molecular weight excluding hydrogens is 346 g/mol. The number of benzene rings is 2. The number of hydrogen-bond donors (Lipinski definition) is 2. The molecule has 8 heteroatoms. The van der Waals surface area contributed by atoms with Gasteiger partial charge in [0.25, 0.3) is 11.8 Å². The summed E-state index contributed by atoms with van der Waals surface area (Å²) in [4.78, 5) is 27.5. The van der Waals surface area contributed by atoms with Crippen molar-refractivity contribution < 1.29 is 14.3 Å². The summed E-state index contributed by atoms with van der Waals surface area (Å²) in [7, 11) is 0. The van der Waals surface area contributed by atoms with Crippen LogP contribution in [0.1, 0.15) is 28.9 Å². The number of nitrogens with zero attached hydrogens (tertiary/aromatic N) is 3. The highest BCUT2D eigenvalue weighted by atomic mass is 16.5. The summed E-state index contributed by atoms with van der Waals surface area (Å²) in [6.45, 7) is 1.60. The molecule has 1 heterocycles. The second-order valence-corrected chi connectivity index (χ2v) is 5.88. The fourth-order valence-corrected chi connectivity index (χ4v) is 2.54. The SMILES string of the molecule is CC(NC(=O)c1ccccc1OCC(N)=O)c1ccc(-n2cncn2)cc1. The number of para-hydroxylation sites is 1. The number of carbonyl (C=O) groups is 2. The standard InChI is InChI=1S/C19H19N5O3/c1-13(14-6-8-15(9-7-14)24-12-21-11-22-24)23-19(26)16-4-2-3-5-17(16)27-10-18(20)25/h2-9,11-13H,10H2,1H3,(H2,20,25)(H,23,26). The van der Waals surface area contributed by atoms with E-state index in [0.717, 1.165) is 11.3 Å². The average molecular weight is 365 g/mol. The average Bonchev–Trinajstić information content (AvgIpc) is 3.21. The van der Waals surface area contributed by atoms with Crippen molar-refractivity contribution in [3.05, 3.63) is 72.3 Å². The van der Waals surface area contributed by atoms with Gasteiger partial charge in [0.15, 0.2) is 6.61 Å². The van der Waals surface area contributed by atoms with Crippen LogP contribution >= 0.6 is 0 Å². The van der Waals surface area contributed by atoms with Crippen LogP contribution in [0.5, 0.6) is 5.75 Å². The van der Waals surface area contributed by atoms with Gasteiger partial charge >= 0.3 is 0 Å². The van der Waals surface area contributed by atoms with Crippen molar-refractivity contribution in [3.63, 3.8) is 0 Å². The molecule has 0 saturated carbocycles. The van der Waals surface area contributed by atoms with E-state index in [1.54, 1.807) is 35.3 Å². The number of amides is 2. The van der Waals surface area contributed by atoms with E-state index in [0.29, 0.717) is 11.3 Å². The Morgan fingerprint density at radius 1 is 1.19 bits per heavy atom. The first-order valence-corrected chi connectivity index (χ1v) is 8.30. The number of rotatable bonds is 7. The number of nitrogens with two attached hydrogens (primary N) is 1. The van der Waals surface area contributed by atoms with Crippen LogP contribution in [0.2, 0.25) is 0 Å². The number of carbonyl (C=O) groups excluding carboxylic acids is 2. The number of ether oxygens (including phenoxy) is 1. The summed E-state index contributed by atoms with van der Waals surface area (Å²) in [6.07, 6.45) is 3.08. The first-order chi connectivity index (χ1) is 13.0. The van der Waals surface area contributed by atoms with Crippen molar-refractivity contribution in [3.8, 4) is 11.4 Å². The van der Waals surface area contributed by atoms with Crippen molar-refractivity contribution in [2.45, 2.75) is 13.0 Å². The van der Waals surface area contributed by atoms with E-state index < -0.39 is 5.91 Å². The Balaban J connectivity index is 1.70. The van der Waals surface area contributed by atoms with E-state index in [9.17, 15) is 9.59 Å². The van der Waals surface area contributed by atoms with E-state index in [2.05, 4.69) is 15.4 Å². The monoisotopic (exact) mass is 365 g/mol. The molecule has 0 radical (unpaired) electrons. The lowest BCUT2D eigenvalue weighted by atomic mass is 10.1. The molecule has 138 valence electrons. The molecular formula is C19H19N5O3. The lowest BCUT2D eigenvalue weighted by Gasteiger charge is -2.16. The van der Waals surface area contributed by atoms with Crippen molar-refractivity contribution in [2.24, 2.45) is 5.73 Å². The molecule has 0 saturated heterocycles. The Kier molecular flexibility index (Phi) is 5.46. The second-order valence-electron chi connectivity index (χ2n) is 5.88. The Hall–Kier alpha value is -3.68. The largest absolute Gasteiger partial charge is 0.483 e. The first kappa shape index (κ1) is 18.1. The van der Waals surface area contributed by atoms with E-state index in [1.807, 2.05) is 31.2 Å². The van der Waals surface area contributed by atoms with Crippen molar-refractivity contribution in [2.75, 3.05) is 6.61 Å². The highest BCUT2D eigenvalue weighted by Gasteiger charge is 2.16. The van der Waals surface area contributed by atoms with Crippen LogP contribution in [0.15, 0.2) is 61.2 Å². The fraction of sp³-hybridized carbons (Fsp3) is 0.158. The summed E-state index contributed by atoms with van der Waals surface area (Å²) >= 11 is 0. The van der Waals surface area contributed by atoms with Crippen LogP contribution in [0.25, 0.3) is 5.69 Å². The zero-order valence-corrected chi connectivity index (χ0v) is 14.7. The molecule has 0 aliphatic heterocycles. The van der Waals surface area contributed by atoms with Gasteiger partial charge in [-0.05, 0) is 36.8 Å². The van der Waals surface area contributed by atoms with Crippen molar-refractivity contribution in [1.82, 2.24) is 20.1 Å². The molecule has 27 heavy (non-hydrogen) atoms. The molecule has 3 N–H and O–H groups in total. The maximum absolute atomic E-state index is 12.6. The molecule has 0 fully saturated rings. The van der Waals surface area contributed by atoms with Gasteiger partial charge in [-0.15, -0.1) is 0 Å². The predicted octanol–water partition coefficient (Wildman–Crippen LogP) is 1.62. The third-order valence-electron chi connectivity index (χ3n) is 3.93. The molecule has 0 bridgehead atoms. The molecule has 3 rings (SSSR count). The van der Waals surface area contributed by atoms with Gasteiger partial charge in [-0.2, -0.15) is 5.10 Å². The minimum atomic E-state index is -0.606. The zero-order chi connectivity index (χ0) is 19.2. The van der Waals surface area contributed by atoms with Gasteiger partial charge in [0.1, 0.15) is 18.4 Å². The molecule has 0 aliphatic rings. The first-order valence-electron chi connectivity index (χ1n) is 8.30. The van der Waals surface area contributed by atoms with E-state index in [4.69, 9.17) is 10.5 Å². The van der Waals surface area contributed by atoms with Gasteiger partial charge < -0.3 is 15.8 Å². The van der Waals surface area contributed by atoms with Gasteiger partial charge in [-0.3, -0.25) is 9.59 Å². The van der Waals surface area contributed by atoms with Crippen LogP contribution in [-0.2, 0) is 4.79 Å². The summed E-state index contributed by atoms with van der Waals surface area (Å²) in [5.41, 5.74) is 7.24. The maximum atomic E-state index is 12.6. The van der Waals surface area contributed by atoms with Crippen LogP contribution in [0.4, 0.5) is 0 Å². The summed E-state index contributed by atoms with van der Waals surface area (Å²) in [5.74, 6) is -0.600. The van der Waals surface area contributed by atoms with Gasteiger partial charge in [0.2, 0.25) is 0 Å². The molecule has 3 aromatic rings. The summed E-state index contributed by atoms with van der Waals surface area (Å²) < 4.78 is 6.97. The molecule has 1 unspecified atom stereocenters. The van der Waals surface area contributed by atoms with Crippen LogP contribution in [0.3, 0.4) is 0 Å².